The summed E-state index contributed by atoms with van der Waals surface area (Å²) in [7, 11) is 0. The average Bonchev–Trinajstić information content (AvgIpc) is 2.15. The second-order valence-electron chi connectivity index (χ2n) is 2.85. The van der Waals surface area contributed by atoms with Gasteiger partial charge in [0.1, 0.15) is 0 Å². The summed E-state index contributed by atoms with van der Waals surface area (Å²) in [5, 5.41) is 11.2. The van der Waals surface area contributed by atoms with E-state index in [0.717, 1.165) is 6.42 Å². The third kappa shape index (κ3) is 2.38. The van der Waals surface area contributed by atoms with Crippen LogP contribution in [0.15, 0.2) is 35.5 Å². The zero-order valence-electron chi connectivity index (χ0n) is 7.14. The van der Waals surface area contributed by atoms with E-state index in [9.17, 15) is 0 Å². The highest BCUT2D eigenvalue weighted by Gasteiger charge is 2.01. The Labute approximate surface area is 72.5 Å². The zero-order valence-corrected chi connectivity index (χ0v) is 7.14. The van der Waals surface area contributed by atoms with Gasteiger partial charge in [0.2, 0.25) is 0 Å². The summed E-state index contributed by atoms with van der Waals surface area (Å²) in [6.07, 6.45) is 2.30. The van der Waals surface area contributed by atoms with Crippen LogP contribution in [0.2, 0.25) is 0 Å². The van der Waals surface area contributed by atoms with Gasteiger partial charge in [-0.2, -0.15) is 0 Å². The van der Waals surface area contributed by atoms with Gasteiger partial charge in [-0.05, 0) is 17.9 Å². The minimum Gasteiger partial charge on any atom is -0.411 e. The van der Waals surface area contributed by atoms with Crippen LogP contribution < -0.4 is 0 Å². The molecule has 0 aliphatic carbocycles. The van der Waals surface area contributed by atoms with E-state index in [-0.39, 0.29) is 0 Å². The largest absolute Gasteiger partial charge is 0.411 e. The van der Waals surface area contributed by atoms with Crippen molar-refractivity contribution in [3.05, 3.63) is 35.9 Å². The van der Waals surface area contributed by atoms with Gasteiger partial charge in [-0.1, -0.05) is 37.3 Å². The third-order valence-corrected chi connectivity index (χ3v) is 1.91. The normalized spacial score (nSPS) is 13.4. The molecule has 64 valence electrons. The Morgan fingerprint density at radius 1 is 1.42 bits per heavy atom. The molecule has 1 atom stereocenters. The first-order valence-corrected chi connectivity index (χ1v) is 4.05. The minimum absolute atomic E-state index is 0.419. The lowest BCUT2D eigenvalue weighted by atomic mass is 9.99. The molecule has 1 rings (SSSR count). The fourth-order valence-electron chi connectivity index (χ4n) is 1.12. The lowest BCUT2D eigenvalue weighted by molar-refractivity contribution is 0.320. The Kier molecular flexibility index (Phi) is 3.33. The maximum atomic E-state index is 8.23. The lowest BCUT2D eigenvalue weighted by Crippen LogP contribution is -1.93. The summed E-state index contributed by atoms with van der Waals surface area (Å²) < 4.78 is 0. The number of oxime groups is 1. The second kappa shape index (κ2) is 4.54. The van der Waals surface area contributed by atoms with Crippen LogP contribution in [0.25, 0.3) is 0 Å². The molecule has 0 heterocycles. The second-order valence-corrected chi connectivity index (χ2v) is 2.85. The van der Waals surface area contributed by atoms with Crippen LogP contribution in [-0.4, -0.2) is 11.4 Å². The zero-order chi connectivity index (χ0) is 8.81. The van der Waals surface area contributed by atoms with Gasteiger partial charge >= 0.3 is 0 Å². The van der Waals surface area contributed by atoms with Crippen LogP contribution in [0.3, 0.4) is 0 Å². The molecule has 0 bridgehead atoms. The van der Waals surface area contributed by atoms with Crippen molar-refractivity contribution in [1.82, 2.24) is 0 Å². The molecule has 0 saturated carbocycles. The number of benzene rings is 1. The molecule has 0 spiro atoms. The predicted molar refractivity (Wildman–Crippen MR) is 49.8 cm³/mol. The Morgan fingerprint density at radius 3 is 2.67 bits per heavy atom. The van der Waals surface area contributed by atoms with Crippen LogP contribution in [0.4, 0.5) is 0 Å². The molecule has 2 heteroatoms. The quantitative estimate of drug-likeness (QED) is 0.414. The number of nitrogens with zero attached hydrogens (tertiary/aromatic N) is 1. The lowest BCUT2D eigenvalue weighted by Gasteiger charge is -2.06. The van der Waals surface area contributed by atoms with Crippen molar-refractivity contribution in [3.63, 3.8) is 0 Å². The summed E-state index contributed by atoms with van der Waals surface area (Å²) in [5.41, 5.74) is 1.28. The van der Waals surface area contributed by atoms with Crippen LogP contribution >= 0.6 is 0 Å². The highest BCUT2D eigenvalue weighted by Crippen LogP contribution is 2.16. The topological polar surface area (TPSA) is 32.6 Å². The summed E-state index contributed by atoms with van der Waals surface area (Å²) in [6, 6.07) is 10.2. The Morgan fingerprint density at radius 2 is 2.08 bits per heavy atom. The Balaban J connectivity index is 2.59. The summed E-state index contributed by atoms with van der Waals surface area (Å²) in [6.45, 7) is 2.11. The smallest absolute Gasteiger partial charge is 0.0441 e. The monoisotopic (exact) mass is 163 g/mol. The van der Waals surface area contributed by atoms with E-state index in [1.165, 1.54) is 11.8 Å². The molecule has 0 aliphatic rings. The van der Waals surface area contributed by atoms with Gasteiger partial charge in [-0.3, -0.25) is 0 Å². The van der Waals surface area contributed by atoms with Crippen molar-refractivity contribution in [3.8, 4) is 0 Å². The molecular weight excluding hydrogens is 150 g/mol. The Bertz CT molecular complexity index is 243. The fourth-order valence-corrected chi connectivity index (χ4v) is 1.12. The van der Waals surface area contributed by atoms with E-state index in [0.29, 0.717) is 5.92 Å². The van der Waals surface area contributed by atoms with Crippen molar-refractivity contribution < 1.29 is 5.21 Å². The molecule has 1 aromatic rings. The van der Waals surface area contributed by atoms with E-state index in [2.05, 4.69) is 24.2 Å². The van der Waals surface area contributed by atoms with Crippen LogP contribution in [-0.2, 0) is 0 Å². The van der Waals surface area contributed by atoms with Crippen LogP contribution in [0.5, 0.6) is 0 Å². The van der Waals surface area contributed by atoms with E-state index < -0.39 is 0 Å². The van der Waals surface area contributed by atoms with Crippen molar-refractivity contribution >= 4 is 6.21 Å². The number of rotatable bonds is 3. The summed E-state index contributed by atoms with van der Waals surface area (Å²) in [5.74, 6) is 0.419. The molecular formula is C10H13NO. The first-order chi connectivity index (χ1) is 5.84. The molecule has 12 heavy (non-hydrogen) atoms. The maximum absolute atomic E-state index is 8.23. The van der Waals surface area contributed by atoms with Gasteiger partial charge < -0.3 is 5.21 Å². The van der Waals surface area contributed by atoms with Gasteiger partial charge in [-0.25, -0.2) is 0 Å². The highest BCUT2D eigenvalue weighted by molar-refractivity contribution is 5.57. The van der Waals surface area contributed by atoms with Crippen molar-refractivity contribution in [2.45, 2.75) is 19.3 Å². The molecule has 1 unspecified atom stereocenters. The van der Waals surface area contributed by atoms with E-state index in [1.807, 2.05) is 18.2 Å². The molecule has 0 saturated heterocycles. The molecule has 1 aromatic carbocycles. The van der Waals surface area contributed by atoms with Crippen LogP contribution in [0, 0.1) is 0 Å². The van der Waals surface area contributed by atoms with Gasteiger partial charge in [0.15, 0.2) is 0 Å². The number of hydrogen-bond donors (Lipinski definition) is 1. The first kappa shape index (κ1) is 8.78. The van der Waals surface area contributed by atoms with Gasteiger partial charge in [0, 0.05) is 6.21 Å². The first-order valence-electron chi connectivity index (χ1n) is 4.05. The summed E-state index contributed by atoms with van der Waals surface area (Å²) in [4.78, 5) is 0. The Hall–Kier alpha value is -1.31. The van der Waals surface area contributed by atoms with Crippen molar-refractivity contribution in [2.24, 2.45) is 5.16 Å². The van der Waals surface area contributed by atoms with Crippen molar-refractivity contribution in [2.75, 3.05) is 0 Å². The van der Waals surface area contributed by atoms with Gasteiger partial charge in [0.25, 0.3) is 0 Å². The van der Waals surface area contributed by atoms with E-state index in [1.54, 1.807) is 0 Å². The molecule has 2 nitrogen and oxygen atoms in total. The molecule has 0 radical (unpaired) electrons. The standard InChI is InChI=1S/C10H13NO/c1-9(7-8-11-12)10-5-3-2-4-6-10/h2-6,8-9,12H,7H2,1H3/b11-8-. The predicted octanol–water partition coefficient (Wildman–Crippen LogP) is 2.64. The minimum atomic E-state index is 0.419. The molecule has 0 fully saturated rings. The van der Waals surface area contributed by atoms with Gasteiger partial charge in [0.05, 0.1) is 0 Å². The molecule has 0 aromatic heterocycles. The fraction of sp³-hybridized carbons (Fsp3) is 0.300. The van der Waals surface area contributed by atoms with E-state index >= 15 is 0 Å². The molecule has 0 amide bonds. The SMILES string of the molecule is CC(C/C=N\O)c1ccccc1. The summed E-state index contributed by atoms with van der Waals surface area (Å²) >= 11 is 0. The van der Waals surface area contributed by atoms with Crippen molar-refractivity contribution in [1.29, 1.82) is 0 Å². The maximum Gasteiger partial charge on any atom is 0.0441 e. The average molecular weight is 163 g/mol. The number of hydrogen-bond acceptors (Lipinski definition) is 2. The molecule has 1 N–H and O–H groups in total. The highest BCUT2D eigenvalue weighted by atomic mass is 16.4. The third-order valence-electron chi connectivity index (χ3n) is 1.91. The van der Waals surface area contributed by atoms with E-state index in [4.69, 9.17) is 5.21 Å². The molecule has 0 aliphatic heterocycles. The van der Waals surface area contributed by atoms with Crippen LogP contribution in [0.1, 0.15) is 24.8 Å². The van der Waals surface area contributed by atoms with Gasteiger partial charge in [-0.15, -0.1) is 5.16 Å².